The molecule has 152 valence electrons. The average Bonchev–Trinajstić information content (AvgIpc) is 3.13. The largest absolute Gasteiger partial charge is 0.484 e. The minimum atomic E-state index is -2.66. The maximum absolute atomic E-state index is 13.3. The van der Waals surface area contributed by atoms with Gasteiger partial charge in [-0.15, -0.1) is 10.2 Å². The number of ether oxygens (including phenoxy) is 1. The number of halogens is 4. The molecule has 0 aliphatic rings. The number of amides is 1. The second-order valence-electron chi connectivity index (χ2n) is 6.50. The summed E-state index contributed by atoms with van der Waals surface area (Å²) < 4.78 is 49.7. The molecule has 0 bridgehead atoms. The second-order valence-corrected chi connectivity index (χ2v) is 6.91. The highest BCUT2D eigenvalue weighted by molar-refractivity contribution is 6.30. The van der Waals surface area contributed by atoms with E-state index < -0.39 is 23.6 Å². The van der Waals surface area contributed by atoms with E-state index in [1.165, 1.54) is 26.0 Å². The van der Waals surface area contributed by atoms with Gasteiger partial charge >= 0.3 is 0 Å². The van der Waals surface area contributed by atoms with E-state index in [0.717, 1.165) is 6.07 Å². The number of benzene rings is 1. The third-order valence-electron chi connectivity index (χ3n) is 3.83. The lowest BCUT2D eigenvalue weighted by Crippen LogP contribution is -2.29. The fourth-order valence-corrected chi connectivity index (χ4v) is 2.06. The highest BCUT2D eigenvalue weighted by Crippen LogP contribution is 2.30. The van der Waals surface area contributed by atoms with Crippen LogP contribution >= 0.6 is 11.6 Å². The Morgan fingerprint density at radius 2 is 2.11 bits per heavy atom. The van der Waals surface area contributed by atoms with Crippen LogP contribution in [0.2, 0.25) is 5.02 Å². The predicted octanol–water partition coefficient (Wildman–Crippen LogP) is 4.00. The molecule has 28 heavy (non-hydrogen) atoms. The molecule has 0 radical (unpaired) electrons. The van der Waals surface area contributed by atoms with Gasteiger partial charge in [0.25, 0.3) is 12.3 Å². The van der Waals surface area contributed by atoms with E-state index in [4.69, 9.17) is 20.8 Å². The number of nitrogens with zero attached hydrogens (tertiary/aromatic N) is 2. The molecule has 1 aromatic heterocycles. The van der Waals surface area contributed by atoms with Crippen molar-refractivity contribution in [3.8, 4) is 5.75 Å². The molecule has 0 saturated carbocycles. The normalized spacial score (nSPS) is 11.5. The number of aromatic nitrogens is 2. The first-order valence-electron chi connectivity index (χ1n) is 8.26. The molecule has 0 saturated heterocycles. The molecule has 0 unspecified atom stereocenters. The van der Waals surface area contributed by atoms with Gasteiger partial charge in [-0.25, -0.2) is 13.2 Å². The van der Waals surface area contributed by atoms with Gasteiger partial charge in [-0.1, -0.05) is 18.2 Å². The summed E-state index contributed by atoms with van der Waals surface area (Å²) in [5.41, 5.74) is -1.18. The summed E-state index contributed by atoms with van der Waals surface area (Å²) in [6, 6.07) is 3.84. The van der Waals surface area contributed by atoms with E-state index >= 15 is 0 Å². The van der Waals surface area contributed by atoms with Crippen molar-refractivity contribution in [2.24, 2.45) is 0 Å². The van der Waals surface area contributed by atoms with Crippen molar-refractivity contribution in [3.63, 3.8) is 0 Å². The van der Waals surface area contributed by atoms with Gasteiger partial charge in [0.05, 0.1) is 5.02 Å². The van der Waals surface area contributed by atoms with Gasteiger partial charge in [-0.05, 0) is 32.4 Å². The summed E-state index contributed by atoms with van der Waals surface area (Å²) in [6.07, 6.45) is -2.40. The maximum atomic E-state index is 13.3. The van der Waals surface area contributed by atoms with Crippen LogP contribution in [0.4, 0.5) is 13.2 Å². The van der Waals surface area contributed by atoms with Crippen LogP contribution in [0.25, 0.3) is 5.57 Å². The molecule has 0 aliphatic carbocycles. The Balaban J connectivity index is 1.78. The van der Waals surface area contributed by atoms with Gasteiger partial charge in [0.2, 0.25) is 11.8 Å². The van der Waals surface area contributed by atoms with E-state index in [0.29, 0.717) is 5.57 Å². The van der Waals surface area contributed by atoms with Crippen molar-refractivity contribution in [1.29, 1.82) is 0 Å². The summed E-state index contributed by atoms with van der Waals surface area (Å²) in [5, 5.41) is 9.90. The molecule has 2 aromatic rings. The van der Waals surface area contributed by atoms with Crippen LogP contribution in [-0.4, -0.2) is 35.7 Å². The van der Waals surface area contributed by atoms with Crippen LogP contribution in [0, 0.1) is 5.82 Å². The molecular weight excluding hydrogens is 399 g/mol. The van der Waals surface area contributed by atoms with Crippen LogP contribution in [-0.2, 0) is 10.2 Å². The number of carbonyl (C=O) groups excluding carboxylic acids is 1. The first-order valence-corrected chi connectivity index (χ1v) is 8.64. The highest BCUT2D eigenvalue weighted by Gasteiger charge is 2.37. The molecule has 0 fully saturated rings. The molecule has 10 heteroatoms. The van der Waals surface area contributed by atoms with Gasteiger partial charge in [0, 0.05) is 18.2 Å². The summed E-state index contributed by atoms with van der Waals surface area (Å²) in [4.78, 5) is 11.8. The van der Waals surface area contributed by atoms with Gasteiger partial charge < -0.3 is 14.5 Å². The van der Waals surface area contributed by atoms with Crippen LogP contribution in [0.3, 0.4) is 0 Å². The first-order chi connectivity index (χ1) is 13.1. The van der Waals surface area contributed by atoms with E-state index in [1.807, 2.05) is 0 Å². The Kier molecular flexibility index (Phi) is 7.06. The number of rotatable bonds is 9. The molecule has 6 nitrogen and oxygen atoms in total. The van der Waals surface area contributed by atoms with Gasteiger partial charge in [0.1, 0.15) is 17.0 Å². The summed E-state index contributed by atoms with van der Waals surface area (Å²) in [7, 11) is 0. The smallest absolute Gasteiger partial charge is 0.257 e. The zero-order chi connectivity index (χ0) is 20.9. The lowest BCUT2D eigenvalue weighted by atomic mass is 9.94. The van der Waals surface area contributed by atoms with Crippen LogP contribution in [0.5, 0.6) is 5.75 Å². The Hall–Kier alpha value is -2.55. The molecule has 0 spiro atoms. The van der Waals surface area contributed by atoms with Crippen LogP contribution in [0.15, 0.2) is 29.2 Å². The third kappa shape index (κ3) is 5.48. The number of hydrogen-bond acceptors (Lipinski definition) is 5. The first kappa shape index (κ1) is 21.7. The fourth-order valence-electron chi connectivity index (χ4n) is 1.95. The van der Waals surface area contributed by atoms with Gasteiger partial charge in [0.15, 0.2) is 6.61 Å². The number of hydrogen-bond donors (Lipinski definition) is 1. The van der Waals surface area contributed by atoms with Crippen molar-refractivity contribution in [3.05, 3.63) is 47.4 Å². The van der Waals surface area contributed by atoms with Crippen molar-refractivity contribution in [1.82, 2.24) is 15.5 Å². The average molecular weight is 418 g/mol. The molecule has 1 aromatic carbocycles. The molecule has 1 N–H and O–H groups in total. The molecule has 0 aliphatic heterocycles. The Bertz CT molecular complexity index is 856. The number of carbonyl (C=O) groups is 1. The molecule has 2 rings (SSSR count). The van der Waals surface area contributed by atoms with Gasteiger partial charge in [-0.3, -0.25) is 4.79 Å². The maximum Gasteiger partial charge on any atom is 0.257 e. The molecule has 0 atom stereocenters. The Morgan fingerprint density at radius 3 is 2.75 bits per heavy atom. The molecule has 1 heterocycles. The van der Waals surface area contributed by atoms with Crippen LogP contribution in [0.1, 0.15) is 32.0 Å². The number of alkyl halides is 2. The standard InChI is InChI=1S/C18H19ClF3N3O3/c1-10(15-24-25-17(28-15)18(2,3)16(21)22)6-7-23-14(26)9-27-11-4-5-12(19)13(20)8-11/h4-5,8,16H,1,6-7,9H2,2-3H3,(H,23,26). The van der Waals surface area contributed by atoms with Crippen molar-refractivity contribution in [2.45, 2.75) is 32.1 Å². The minimum absolute atomic E-state index is 0.0332. The Morgan fingerprint density at radius 1 is 1.39 bits per heavy atom. The molecule has 1 amide bonds. The number of nitrogens with one attached hydrogen (secondary N) is 1. The summed E-state index contributed by atoms with van der Waals surface area (Å²) in [6.45, 7) is 6.21. The summed E-state index contributed by atoms with van der Waals surface area (Å²) >= 11 is 5.56. The summed E-state index contributed by atoms with van der Waals surface area (Å²) in [5.74, 6) is -1.07. The van der Waals surface area contributed by atoms with Crippen LogP contribution < -0.4 is 10.1 Å². The van der Waals surface area contributed by atoms with E-state index in [-0.39, 0.29) is 42.1 Å². The SMILES string of the molecule is C=C(CCNC(=O)COc1ccc(Cl)c(F)c1)c1nnc(C(C)(C)C(F)F)o1. The predicted molar refractivity (Wildman–Crippen MR) is 96.9 cm³/mol. The monoisotopic (exact) mass is 417 g/mol. The Labute approximate surface area is 164 Å². The fraction of sp³-hybridized carbons (Fsp3) is 0.389. The lowest BCUT2D eigenvalue weighted by Gasteiger charge is -2.18. The highest BCUT2D eigenvalue weighted by atomic mass is 35.5. The molecular formula is C18H19ClF3N3O3. The lowest BCUT2D eigenvalue weighted by molar-refractivity contribution is -0.123. The van der Waals surface area contributed by atoms with Crippen molar-refractivity contribution < 1.29 is 27.1 Å². The zero-order valence-electron chi connectivity index (χ0n) is 15.3. The van der Waals surface area contributed by atoms with Gasteiger partial charge in [-0.2, -0.15) is 0 Å². The van der Waals surface area contributed by atoms with E-state index in [1.54, 1.807) is 0 Å². The van der Waals surface area contributed by atoms with E-state index in [9.17, 15) is 18.0 Å². The van der Waals surface area contributed by atoms with E-state index in [2.05, 4.69) is 22.1 Å². The van der Waals surface area contributed by atoms with Crippen molar-refractivity contribution >= 4 is 23.1 Å². The van der Waals surface area contributed by atoms with Crippen molar-refractivity contribution in [2.75, 3.05) is 13.2 Å². The zero-order valence-corrected chi connectivity index (χ0v) is 16.0. The quantitative estimate of drug-likeness (QED) is 0.667. The topological polar surface area (TPSA) is 77.2 Å². The minimum Gasteiger partial charge on any atom is -0.484 e. The second kappa shape index (κ2) is 9.09. The third-order valence-corrected chi connectivity index (χ3v) is 4.14.